The van der Waals surface area contributed by atoms with Crippen LogP contribution in [0.3, 0.4) is 0 Å². The van der Waals surface area contributed by atoms with E-state index < -0.39 is 6.04 Å². The molecule has 4 nitrogen and oxygen atoms in total. The molecule has 1 aromatic carbocycles. The van der Waals surface area contributed by atoms with Gasteiger partial charge in [0.1, 0.15) is 0 Å². The van der Waals surface area contributed by atoms with Crippen LogP contribution in [0.4, 0.5) is 5.13 Å². The largest absolute Gasteiger partial charge is 0.320 e. The summed E-state index contributed by atoms with van der Waals surface area (Å²) >= 11 is 1.47. The third kappa shape index (κ3) is 4.27. The van der Waals surface area contributed by atoms with E-state index in [1.165, 1.54) is 24.2 Å². The lowest BCUT2D eigenvalue weighted by Gasteiger charge is -2.10. The van der Waals surface area contributed by atoms with Gasteiger partial charge in [-0.05, 0) is 24.8 Å². The average molecular weight is 324 g/mol. The van der Waals surface area contributed by atoms with Crippen molar-refractivity contribution in [1.29, 1.82) is 0 Å². The molecule has 0 saturated heterocycles. The van der Waals surface area contributed by atoms with Gasteiger partial charge in [-0.1, -0.05) is 30.3 Å². The Bertz CT molecular complexity index is 598. The lowest BCUT2D eigenvalue weighted by Crippen LogP contribution is -2.37. The molecular formula is C15H18ClN3OS. The Hall–Kier alpha value is -1.43. The first-order valence-electron chi connectivity index (χ1n) is 6.78. The van der Waals surface area contributed by atoms with Crippen LogP contribution in [-0.4, -0.2) is 16.9 Å². The predicted octanol–water partition coefficient (Wildman–Crippen LogP) is 2.95. The third-order valence-corrected chi connectivity index (χ3v) is 4.16. The molecule has 0 radical (unpaired) electrons. The minimum absolute atomic E-state index is 0. The van der Waals surface area contributed by atoms with Gasteiger partial charge in [-0.25, -0.2) is 4.98 Å². The Morgan fingerprint density at radius 1 is 1.38 bits per heavy atom. The monoisotopic (exact) mass is 323 g/mol. The molecule has 0 bridgehead atoms. The number of thiazole rings is 1. The summed E-state index contributed by atoms with van der Waals surface area (Å²) < 4.78 is 0. The molecule has 0 spiro atoms. The Morgan fingerprint density at radius 2 is 2.10 bits per heavy atom. The zero-order valence-electron chi connectivity index (χ0n) is 11.5. The fourth-order valence-electron chi connectivity index (χ4n) is 2.07. The number of rotatable bonds is 5. The molecular weight excluding hydrogens is 306 g/mol. The van der Waals surface area contributed by atoms with Crippen molar-refractivity contribution >= 4 is 34.8 Å². The molecule has 0 aliphatic heterocycles. The topological polar surface area (TPSA) is 68.0 Å². The van der Waals surface area contributed by atoms with Crippen LogP contribution in [0.15, 0.2) is 35.7 Å². The Morgan fingerprint density at radius 3 is 2.76 bits per heavy atom. The van der Waals surface area contributed by atoms with Crippen molar-refractivity contribution in [3.63, 3.8) is 0 Å². The number of hydrogen-bond donors (Lipinski definition) is 2. The Labute approximate surface area is 134 Å². The second-order valence-electron chi connectivity index (χ2n) is 5.14. The van der Waals surface area contributed by atoms with Crippen LogP contribution in [0.5, 0.6) is 0 Å². The summed E-state index contributed by atoms with van der Waals surface area (Å²) in [6, 6.07) is 9.24. The van der Waals surface area contributed by atoms with E-state index in [2.05, 4.69) is 10.3 Å². The molecule has 1 aliphatic rings. The third-order valence-electron chi connectivity index (χ3n) is 3.38. The highest BCUT2D eigenvalue weighted by Gasteiger charge is 2.26. The zero-order chi connectivity index (χ0) is 13.9. The number of benzene rings is 1. The molecule has 3 N–H and O–H groups in total. The number of halogens is 1. The van der Waals surface area contributed by atoms with Gasteiger partial charge in [0.2, 0.25) is 5.91 Å². The van der Waals surface area contributed by atoms with Crippen molar-refractivity contribution < 1.29 is 4.79 Å². The number of hydrogen-bond acceptors (Lipinski definition) is 4. The lowest BCUT2D eigenvalue weighted by atomic mass is 10.1. The first-order valence-corrected chi connectivity index (χ1v) is 7.66. The maximum absolute atomic E-state index is 12.0. The van der Waals surface area contributed by atoms with Gasteiger partial charge in [0.05, 0.1) is 11.7 Å². The number of carbonyl (C=O) groups is 1. The van der Waals surface area contributed by atoms with Crippen LogP contribution in [0.2, 0.25) is 0 Å². The van der Waals surface area contributed by atoms with Crippen molar-refractivity contribution in [1.82, 2.24) is 4.98 Å². The van der Waals surface area contributed by atoms with Gasteiger partial charge in [0.25, 0.3) is 0 Å². The molecule has 1 fully saturated rings. The van der Waals surface area contributed by atoms with Gasteiger partial charge in [-0.2, -0.15) is 0 Å². The predicted molar refractivity (Wildman–Crippen MR) is 88.1 cm³/mol. The molecule has 21 heavy (non-hydrogen) atoms. The smallest absolute Gasteiger partial charge is 0.243 e. The highest BCUT2D eigenvalue weighted by Crippen LogP contribution is 2.40. The number of carbonyl (C=O) groups excluding carboxylic acids is 1. The fraction of sp³-hybridized carbons (Fsp3) is 0.333. The van der Waals surface area contributed by atoms with E-state index in [0.29, 0.717) is 17.5 Å². The van der Waals surface area contributed by atoms with Crippen molar-refractivity contribution in [2.45, 2.75) is 31.2 Å². The van der Waals surface area contributed by atoms with Crippen LogP contribution in [-0.2, 0) is 11.2 Å². The molecule has 1 atom stereocenters. The first-order chi connectivity index (χ1) is 9.72. The fourth-order valence-corrected chi connectivity index (χ4v) is 2.86. The SMILES string of the molecule is Cl.N[C@@H](Cc1ccccc1)C(=O)Nc1nc(C2CC2)cs1. The van der Waals surface area contributed by atoms with E-state index in [9.17, 15) is 4.79 Å². The van der Waals surface area contributed by atoms with E-state index in [0.717, 1.165) is 11.3 Å². The molecule has 3 rings (SSSR count). The second-order valence-corrected chi connectivity index (χ2v) is 6.00. The zero-order valence-corrected chi connectivity index (χ0v) is 13.1. The number of nitrogens with two attached hydrogens (primary N) is 1. The number of amides is 1. The van der Waals surface area contributed by atoms with Crippen molar-refractivity contribution in [2.75, 3.05) is 5.32 Å². The van der Waals surface area contributed by atoms with Gasteiger partial charge in [-0.15, -0.1) is 23.7 Å². The van der Waals surface area contributed by atoms with Crippen LogP contribution < -0.4 is 11.1 Å². The van der Waals surface area contributed by atoms with Crippen molar-refractivity contribution in [2.24, 2.45) is 5.73 Å². The summed E-state index contributed by atoms with van der Waals surface area (Å²) in [7, 11) is 0. The van der Waals surface area contributed by atoms with Crippen LogP contribution in [0.25, 0.3) is 0 Å². The van der Waals surface area contributed by atoms with Crippen molar-refractivity contribution in [3.05, 3.63) is 47.0 Å². The molecule has 112 valence electrons. The summed E-state index contributed by atoms with van der Waals surface area (Å²) in [6.07, 6.45) is 2.96. The van der Waals surface area contributed by atoms with Gasteiger partial charge in [0.15, 0.2) is 5.13 Å². The summed E-state index contributed by atoms with van der Waals surface area (Å²) in [4.78, 5) is 16.5. The molecule has 2 aromatic rings. The molecule has 1 amide bonds. The van der Waals surface area contributed by atoms with E-state index in [1.807, 2.05) is 35.7 Å². The minimum Gasteiger partial charge on any atom is -0.320 e. The number of nitrogens with one attached hydrogen (secondary N) is 1. The minimum atomic E-state index is -0.550. The highest BCUT2D eigenvalue weighted by atomic mass is 35.5. The van der Waals surface area contributed by atoms with Gasteiger partial charge >= 0.3 is 0 Å². The average Bonchev–Trinajstić information content (AvgIpc) is 3.20. The molecule has 1 aliphatic carbocycles. The summed E-state index contributed by atoms with van der Waals surface area (Å²) in [6.45, 7) is 0. The number of anilines is 1. The van der Waals surface area contributed by atoms with Gasteiger partial charge in [0, 0.05) is 11.3 Å². The molecule has 6 heteroatoms. The van der Waals surface area contributed by atoms with Crippen LogP contribution >= 0.6 is 23.7 Å². The summed E-state index contributed by atoms with van der Waals surface area (Å²) in [5.41, 5.74) is 8.10. The first kappa shape index (κ1) is 15.9. The second kappa shape index (κ2) is 7.02. The maximum atomic E-state index is 12.0. The van der Waals surface area contributed by atoms with Crippen molar-refractivity contribution in [3.8, 4) is 0 Å². The normalized spacial score (nSPS) is 15.1. The molecule has 0 unspecified atom stereocenters. The van der Waals surface area contributed by atoms with E-state index in [1.54, 1.807) is 0 Å². The quantitative estimate of drug-likeness (QED) is 0.889. The summed E-state index contributed by atoms with van der Waals surface area (Å²) in [5.74, 6) is 0.431. The van der Waals surface area contributed by atoms with Gasteiger partial charge < -0.3 is 11.1 Å². The molecule has 1 saturated carbocycles. The highest BCUT2D eigenvalue weighted by molar-refractivity contribution is 7.13. The Kier molecular flexibility index (Phi) is 5.33. The van der Waals surface area contributed by atoms with E-state index in [4.69, 9.17) is 5.73 Å². The molecule has 1 heterocycles. The summed E-state index contributed by atoms with van der Waals surface area (Å²) in [5, 5.41) is 5.49. The maximum Gasteiger partial charge on any atom is 0.243 e. The molecule has 1 aromatic heterocycles. The Balaban J connectivity index is 0.00000161. The van der Waals surface area contributed by atoms with E-state index in [-0.39, 0.29) is 18.3 Å². The standard InChI is InChI=1S/C15H17N3OS.ClH/c16-12(8-10-4-2-1-3-5-10)14(19)18-15-17-13(9-20-15)11-6-7-11;/h1-5,9,11-12H,6-8,16H2,(H,17,18,19);1H/t12-;/m0./s1. The van der Waals surface area contributed by atoms with Gasteiger partial charge in [-0.3, -0.25) is 4.79 Å². The van der Waals surface area contributed by atoms with E-state index >= 15 is 0 Å². The van der Waals surface area contributed by atoms with Crippen LogP contribution in [0, 0.1) is 0 Å². The number of aromatic nitrogens is 1. The number of nitrogens with zero attached hydrogens (tertiary/aromatic N) is 1. The van der Waals surface area contributed by atoms with Crippen LogP contribution in [0.1, 0.15) is 30.0 Å². The lowest BCUT2D eigenvalue weighted by molar-refractivity contribution is -0.117.